The number of H-pyrrole nitrogens is 1. The minimum atomic E-state index is -0.0373. The largest absolute Gasteiger partial charge is 0.361 e. The second kappa shape index (κ2) is 8.30. The van der Waals surface area contributed by atoms with E-state index in [1.54, 1.807) is 0 Å². The van der Waals surface area contributed by atoms with Crippen molar-refractivity contribution < 1.29 is 9.59 Å². The lowest BCUT2D eigenvalue weighted by molar-refractivity contribution is -0.132. The van der Waals surface area contributed by atoms with Gasteiger partial charge in [-0.1, -0.05) is 36.4 Å². The van der Waals surface area contributed by atoms with Crippen molar-refractivity contribution in [3.8, 4) is 0 Å². The van der Waals surface area contributed by atoms with Crippen molar-refractivity contribution >= 4 is 22.7 Å². The molecule has 3 aromatic rings. The maximum absolute atomic E-state index is 12.6. The van der Waals surface area contributed by atoms with Crippen molar-refractivity contribution in [1.29, 1.82) is 0 Å². The molecule has 144 valence electrons. The van der Waals surface area contributed by atoms with Gasteiger partial charge in [0.1, 0.15) is 0 Å². The first-order valence-corrected chi connectivity index (χ1v) is 9.89. The average Bonchev–Trinajstić information content (AvgIpc) is 3.16. The Hall–Kier alpha value is -3.08. The van der Waals surface area contributed by atoms with Crippen molar-refractivity contribution in [2.75, 3.05) is 13.1 Å². The van der Waals surface area contributed by atoms with Crippen LogP contribution in [0.2, 0.25) is 0 Å². The van der Waals surface area contributed by atoms with Crippen molar-refractivity contribution in [3.05, 3.63) is 71.9 Å². The normalized spacial score (nSPS) is 14.9. The van der Waals surface area contributed by atoms with Crippen molar-refractivity contribution in [2.45, 2.75) is 31.7 Å². The van der Waals surface area contributed by atoms with Crippen LogP contribution in [-0.4, -0.2) is 40.8 Å². The van der Waals surface area contributed by atoms with Crippen LogP contribution in [0.25, 0.3) is 10.9 Å². The van der Waals surface area contributed by atoms with Gasteiger partial charge in [0.05, 0.1) is 0 Å². The van der Waals surface area contributed by atoms with Crippen LogP contribution in [0.4, 0.5) is 0 Å². The number of para-hydroxylation sites is 1. The Kier molecular flexibility index (Phi) is 5.42. The van der Waals surface area contributed by atoms with Gasteiger partial charge in [-0.25, -0.2) is 0 Å². The molecule has 5 heteroatoms. The van der Waals surface area contributed by atoms with Gasteiger partial charge in [-0.15, -0.1) is 0 Å². The SMILES string of the molecule is O=C(NC1CCN(C(=O)CCc2c[nH]c3ccccc23)CC1)c1ccccc1. The zero-order chi connectivity index (χ0) is 19.3. The maximum Gasteiger partial charge on any atom is 0.251 e. The molecule has 1 aliphatic rings. The molecular weight excluding hydrogens is 350 g/mol. The van der Waals surface area contributed by atoms with E-state index < -0.39 is 0 Å². The van der Waals surface area contributed by atoms with E-state index in [1.807, 2.05) is 53.6 Å². The monoisotopic (exact) mass is 375 g/mol. The standard InChI is InChI=1S/C23H25N3O2/c27-22(11-10-18-16-24-21-9-5-4-8-20(18)21)26-14-12-19(13-15-26)25-23(28)17-6-2-1-3-7-17/h1-9,16,19,24H,10-15H2,(H,25,28). The molecule has 1 fully saturated rings. The second-order valence-electron chi connectivity index (χ2n) is 7.35. The van der Waals surface area contributed by atoms with Gasteiger partial charge in [-0.2, -0.15) is 0 Å². The third kappa shape index (κ3) is 4.09. The van der Waals surface area contributed by atoms with Crippen LogP contribution in [-0.2, 0) is 11.2 Å². The van der Waals surface area contributed by atoms with Crippen molar-refractivity contribution in [1.82, 2.24) is 15.2 Å². The molecule has 2 amide bonds. The van der Waals surface area contributed by atoms with E-state index in [0.29, 0.717) is 25.1 Å². The van der Waals surface area contributed by atoms with Crippen LogP contribution in [0.5, 0.6) is 0 Å². The Morgan fingerprint density at radius 2 is 1.71 bits per heavy atom. The number of carbonyl (C=O) groups is 2. The molecular formula is C23H25N3O2. The third-order valence-electron chi connectivity index (χ3n) is 5.50. The maximum atomic E-state index is 12.6. The predicted octanol–water partition coefficient (Wildman–Crippen LogP) is 3.52. The van der Waals surface area contributed by atoms with Gasteiger partial charge in [0.15, 0.2) is 0 Å². The van der Waals surface area contributed by atoms with E-state index in [9.17, 15) is 9.59 Å². The molecule has 1 saturated heterocycles. The summed E-state index contributed by atoms with van der Waals surface area (Å²) in [5, 5.41) is 4.28. The summed E-state index contributed by atoms with van der Waals surface area (Å²) < 4.78 is 0. The highest BCUT2D eigenvalue weighted by atomic mass is 16.2. The Labute approximate surface area is 164 Å². The fourth-order valence-corrected chi connectivity index (χ4v) is 3.87. The first-order chi connectivity index (χ1) is 13.7. The number of aromatic nitrogens is 1. The molecule has 2 aromatic carbocycles. The lowest BCUT2D eigenvalue weighted by Gasteiger charge is -2.32. The number of benzene rings is 2. The zero-order valence-corrected chi connectivity index (χ0v) is 15.9. The van der Waals surface area contributed by atoms with E-state index in [1.165, 1.54) is 10.9 Å². The van der Waals surface area contributed by atoms with E-state index in [0.717, 1.165) is 24.8 Å². The molecule has 1 aliphatic heterocycles. The summed E-state index contributed by atoms with van der Waals surface area (Å²) in [6.45, 7) is 1.40. The molecule has 0 aliphatic carbocycles. The summed E-state index contributed by atoms with van der Waals surface area (Å²) in [6.07, 6.45) is 4.87. The number of fused-ring (bicyclic) bond motifs is 1. The molecule has 0 bridgehead atoms. The number of amides is 2. The van der Waals surface area contributed by atoms with Crippen LogP contribution in [0, 0.1) is 0 Å². The number of rotatable bonds is 5. The molecule has 4 rings (SSSR count). The van der Waals surface area contributed by atoms with Gasteiger partial charge in [-0.05, 0) is 43.0 Å². The number of piperidine rings is 1. The number of hydrogen-bond acceptors (Lipinski definition) is 2. The van der Waals surface area contributed by atoms with Crippen LogP contribution < -0.4 is 5.32 Å². The number of nitrogens with one attached hydrogen (secondary N) is 2. The lowest BCUT2D eigenvalue weighted by Crippen LogP contribution is -2.46. The molecule has 0 radical (unpaired) electrons. The highest BCUT2D eigenvalue weighted by molar-refractivity contribution is 5.94. The van der Waals surface area contributed by atoms with Gasteiger partial charge in [-0.3, -0.25) is 9.59 Å². The fourth-order valence-electron chi connectivity index (χ4n) is 3.87. The quantitative estimate of drug-likeness (QED) is 0.717. The summed E-state index contributed by atoms with van der Waals surface area (Å²) >= 11 is 0. The minimum absolute atomic E-state index is 0.0373. The van der Waals surface area contributed by atoms with Gasteiger partial charge in [0, 0.05) is 48.2 Å². The van der Waals surface area contributed by atoms with E-state index in [2.05, 4.69) is 22.4 Å². The van der Waals surface area contributed by atoms with E-state index in [-0.39, 0.29) is 17.9 Å². The fraction of sp³-hybridized carbons (Fsp3) is 0.304. The molecule has 1 aromatic heterocycles. The summed E-state index contributed by atoms with van der Waals surface area (Å²) in [5.41, 5.74) is 2.98. The molecule has 2 heterocycles. The van der Waals surface area contributed by atoms with Crippen molar-refractivity contribution in [2.24, 2.45) is 0 Å². The first-order valence-electron chi connectivity index (χ1n) is 9.89. The Balaban J connectivity index is 1.25. The molecule has 0 unspecified atom stereocenters. The van der Waals surface area contributed by atoms with E-state index in [4.69, 9.17) is 0 Å². The molecule has 28 heavy (non-hydrogen) atoms. The summed E-state index contributed by atoms with van der Waals surface area (Å²) in [6, 6.07) is 17.6. The summed E-state index contributed by atoms with van der Waals surface area (Å²) in [4.78, 5) is 30.1. The summed E-state index contributed by atoms with van der Waals surface area (Å²) in [7, 11) is 0. The van der Waals surface area contributed by atoms with Crippen LogP contribution in [0.1, 0.15) is 35.2 Å². The number of nitrogens with zero attached hydrogens (tertiary/aromatic N) is 1. The Morgan fingerprint density at radius 1 is 1.00 bits per heavy atom. The van der Waals surface area contributed by atoms with Gasteiger partial charge in [0.2, 0.25) is 5.91 Å². The minimum Gasteiger partial charge on any atom is -0.361 e. The molecule has 2 N–H and O–H groups in total. The third-order valence-corrected chi connectivity index (χ3v) is 5.50. The number of hydrogen-bond donors (Lipinski definition) is 2. The number of likely N-dealkylation sites (tertiary alicyclic amines) is 1. The zero-order valence-electron chi connectivity index (χ0n) is 15.9. The van der Waals surface area contributed by atoms with Crippen LogP contribution in [0.3, 0.4) is 0 Å². The number of aromatic amines is 1. The molecule has 0 saturated carbocycles. The topological polar surface area (TPSA) is 65.2 Å². The van der Waals surface area contributed by atoms with Crippen LogP contribution in [0.15, 0.2) is 60.8 Å². The number of aryl methyl sites for hydroxylation is 1. The van der Waals surface area contributed by atoms with E-state index >= 15 is 0 Å². The number of carbonyl (C=O) groups excluding carboxylic acids is 2. The van der Waals surface area contributed by atoms with Gasteiger partial charge >= 0.3 is 0 Å². The van der Waals surface area contributed by atoms with Gasteiger partial charge < -0.3 is 15.2 Å². The molecule has 0 spiro atoms. The van der Waals surface area contributed by atoms with Gasteiger partial charge in [0.25, 0.3) is 5.91 Å². The highest BCUT2D eigenvalue weighted by Gasteiger charge is 2.24. The smallest absolute Gasteiger partial charge is 0.251 e. The highest BCUT2D eigenvalue weighted by Crippen LogP contribution is 2.20. The molecule has 0 atom stereocenters. The Bertz CT molecular complexity index is 956. The molecule has 5 nitrogen and oxygen atoms in total. The average molecular weight is 375 g/mol. The first kappa shape index (κ1) is 18.3. The second-order valence-corrected chi connectivity index (χ2v) is 7.35. The van der Waals surface area contributed by atoms with Crippen LogP contribution >= 0.6 is 0 Å². The lowest BCUT2D eigenvalue weighted by atomic mass is 10.0. The summed E-state index contributed by atoms with van der Waals surface area (Å²) in [5.74, 6) is 0.155. The Morgan fingerprint density at radius 3 is 2.50 bits per heavy atom. The van der Waals surface area contributed by atoms with Crippen molar-refractivity contribution in [3.63, 3.8) is 0 Å². The predicted molar refractivity (Wildman–Crippen MR) is 110 cm³/mol.